The van der Waals surface area contributed by atoms with Gasteiger partial charge >= 0.3 is 0 Å². The molecule has 206 valence electrons. The summed E-state index contributed by atoms with van der Waals surface area (Å²) >= 11 is 0. The van der Waals surface area contributed by atoms with E-state index >= 15 is 0 Å². The van der Waals surface area contributed by atoms with Gasteiger partial charge in [0.15, 0.2) is 0 Å². The van der Waals surface area contributed by atoms with Gasteiger partial charge in [0, 0.05) is 5.69 Å². The van der Waals surface area contributed by atoms with Crippen molar-refractivity contribution < 1.29 is 4.74 Å². The first-order chi connectivity index (χ1) is 20.2. The fourth-order valence-electron chi connectivity index (χ4n) is 5.43. The van der Waals surface area contributed by atoms with Crippen LogP contribution in [0.5, 0.6) is 5.75 Å². The third-order valence-corrected chi connectivity index (χ3v) is 7.59. The summed E-state index contributed by atoms with van der Waals surface area (Å²) in [6.45, 7) is 5.64. The van der Waals surface area contributed by atoms with E-state index < -0.39 is 0 Å². The minimum absolute atomic E-state index is 0.241. The SMILES string of the molecule is Cc1ccc(OCc2ccccc2)c(Cn2c(=NC3CCNCC3)n(Cc3ccc(C#N)cc3)c3ccccc32)n1. The number of hydrogen-bond acceptors (Lipinski definition) is 5. The lowest BCUT2D eigenvalue weighted by atomic mass is 10.1. The zero-order valence-corrected chi connectivity index (χ0v) is 23.3. The average molecular weight is 543 g/mol. The van der Waals surface area contributed by atoms with Crippen LogP contribution in [0.3, 0.4) is 0 Å². The average Bonchev–Trinajstić information content (AvgIpc) is 3.29. The molecule has 0 aliphatic carbocycles. The predicted octanol–water partition coefficient (Wildman–Crippen LogP) is 5.35. The van der Waals surface area contributed by atoms with Crippen molar-refractivity contribution in [2.45, 2.75) is 45.5 Å². The van der Waals surface area contributed by atoms with Gasteiger partial charge in [-0.05, 0) is 80.4 Å². The Morgan fingerprint density at radius 2 is 1.54 bits per heavy atom. The Hall–Kier alpha value is -4.67. The molecule has 0 unspecified atom stereocenters. The van der Waals surface area contributed by atoms with E-state index in [4.69, 9.17) is 14.7 Å². The van der Waals surface area contributed by atoms with Crippen molar-refractivity contribution in [1.29, 1.82) is 5.26 Å². The van der Waals surface area contributed by atoms with Crippen LogP contribution < -0.4 is 15.7 Å². The Labute approximate surface area is 240 Å². The highest BCUT2D eigenvalue weighted by Gasteiger charge is 2.18. The lowest BCUT2D eigenvalue weighted by molar-refractivity contribution is 0.300. The molecule has 1 N–H and O–H groups in total. The number of nitrogens with zero attached hydrogens (tertiary/aromatic N) is 5. The summed E-state index contributed by atoms with van der Waals surface area (Å²) in [5.74, 6) is 0.781. The smallest absolute Gasteiger partial charge is 0.206 e. The van der Waals surface area contributed by atoms with E-state index in [0.29, 0.717) is 25.3 Å². The predicted molar refractivity (Wildman–Crippen MR) is 160 cm³/mol. The second kappa shape index (κ2) is 12.2. The Balaban J connectivity index is 1.45. The van der Waals surface area contributed by atoms with Crippen molar-refractivity contribution in [2.24, 2.45) is 4.99 Å². The molecule has 3 heterocycles. The van der Waals surface area contributed by atoms with Crippen LogP contribution in [0, 0.1) is 18.3 Å². The van der Waals surface area contributed by atoms with Gasteiger partial charge in [0.1, 0.15) is 18.1 Å². The number of nitrogens with one attached hydrogen (secondary N) is 1. The molecule has 1 aliphatic heterocycles. The van der Waals surface area contributed by atoms with Crippen LogP contribution in [-0.4, -0.2) is 33.2 Å². The highest BCUT2D eigenvalue weighted by molar-refractivity contribution is 5.76. The highest BCUT2D eigenvalue weighted by Crippen LogP contribution is 2.23. The molecule has 2 aromatic heterocycles. The quantitative estimate of drug-likeness (QED) is 0.287. The summed E-state index contributed by atoms with van der Waals surface area (Å²) < 4.78 is 10.9. The monoisotopic (exact) mass is 542 g/mol. The largest absolute Gasteiger partial charge is 0.487 e. The standard InChI is InChI=1S/C34H34N6O/c1-25-11-16-33(41-24-28-7-3-2-4-8-28)30(37-25)23-40-32-10-6-5-9-31(32)39(22-27-14-12-26(21-35)13-15-27)34(40)38-29-17-19-36-20-18-29/h2-16,29,36H,17-20,22-24H2,1H3. The second-order valence-electron chi connectivity index (χ2n) is 10.6. The van der Waals surface area contributed by atoms with Crippen molar-refractivity contribution in [2.75, 3.05) is 13.1 Å². The van der Waals surface area contributed by atoms with E-state index in [1.54, 1.807) is 0 Å². The molecule has 0 bridgehead atoms. The molecule has 7 heteroatoms. The van der Waals surface area contributed by atoms with Crippen LogP contribution in [0.2, 0.25) is 0 Å². The molecule has 1 fully saturated rings. The molecule has 3 aromatic carbocycles. The van der Waals surface area contributed by atoms with Gasteiger partial charge in [-0.25, -0.2) is 4.99 Å². The van der Waals surface area contributed by atoms with E-state index in [0.717, 1.165) is 70.8 Å². The lowest BCUT2D eigenvalue weighted by Crippen LogP contribution is -2.34. The van der Waals surface area contributed by atoms with Crippen molar-refractivity contribution in [3.05, 3.63) is 125 Å². The van der Waals surface area contributed by atoms with Crippen molar-refractivity contribution >= 4 is 11.0 Å². The molecule has 0 spiro atoms. The number of benzene rings is 3. The number of pyridine rings is 1. The van der Waals surface area contributed by atoms with Gasteiger partial charge < -0.3 is 19.2 Å². The van der Waals surface area contributed by atoms with Crippen molar-refractivity contribution in [1.82, 2.24) is 19.4 Å². The van der Waals surface area contributed by atoms with E-state index in [1.807, 2.05) is 61.5 Å². The number of hydrogen-bond donors (Lipinski definition) is 1. The zero-order chi connectivity index (χ0) is 28.0. The number of para-hydroxylation sites is 2. The molecular formula is C34H34N6O. The van der Waals surface area contributed by atoms with Crippen LogP contribution in [0.15, 0.2) is 96.0 Å². The van der Waals surface area contributed by atoms with Crippen LogP contribution in [0.1, 0.15) is 40.9 Å². The number of aromatic nitrogens is 3. The van der Waals surface area contributed by atoms with Crippen LogP contribution in [0.25, 0.3) is 11.0 Å². The van der Waals surface area contributed by atoms with Crippen LogP contribution in [0.4, 0.5) is 0 Å². The molecule has 5 aromatic rings. The Morgan fingerprint density at radius 1 is 0.854 bits per heavy atom. The number of fused-ring (bicyclic) bond motifs is 1. The van der Waals surface area contributed by atoms with Gasteiger partial charge in [-0.2, -0.15) is 5.26 Å². The first kappa shape index (κ1) is 26.5. The van der Waals surface area contributed by atoms with Gasteiger partial charge in [-0.1, -0.05) is 54.6 Å². The number of nitriles is 1. The number of aryl methyl sites for hydroxylation is 1. The van der Waals surface area contributed by atoms with Gasteiger partial charge in [0.2, 0.25) is 5.62 Å². The number of rotatable bonds is 8. The Bertz CT molecular complexity index is 1740. The number of ether oxygens (including phenoxy) is 1. The molecule has 0 radical (unpaired) electrons. The lowest BCUT2D eigenvalue weighted by Gasteiger charge is -2.19. The van der Waals surface area contributed by atoms with Crippen LogP contribution >= 0.6 is 0 Å². The highest BCUT2D eigenvalue weighted by atomic mass is 16.5. The molecule has 0 amide bonds. The van der Waals surface area contributed by atoms with E-state index in [9.17, 15) is 5.26 Å². The first-order valence-corrected chi connectivity index (χ1v) is 14.2. The maximum atomic E-state index is 9.28. The summed E-state index contributed by atoms with van der Waals surface area (Å²) in [5.41, 5.74) is 7.88. The number of piperidine rings is 1. The molecular weight excluding hydrogens is 508 g/mol. The zero-order valence-electron chi connectivity index (χ0n) is 23.3. The Kier molecular flexibility index (Phi) is 7.92. The molecule has 7 nitrogen and oxygen atoms in total. The maximum absolute atomic E-state index is 9.28. The molecule has 41 heavy (non-hydrogen) atoms. The van der Waals surface area contributed by atoms with Gasteiger partial charge in [-0.15, -0.1) is 0 Å². The van der Waals surface area contributed by atoms with Gasteiger partial charge in [0.05, 0.1) is 41.8 Å². The summed E-state index contributed by atoms with van der Waals surface area (Å²) in [6, 6.07) is 33.0. The topological polar surface area (TPSA) is 80.2 Å². The normalized spacial score (nSPS) is 14.3. The summed E-state index contributed by atoms with van der Waals surface area (Å²) in [6.07, 6.45) is 2.01. The van der Waals surface area contributed by atoms with Crippen molar-refractivity contribution in [3.63, 3.8) is 0 Å². The Morgan fingerprint density at radius 3 is 2.24 bits per heavy atom. The third-order valence-electron chi connectivity index (χ3n) is 7.59. The molecule has 1 saturated heterocycles. The molecule has 0 saturated carbocycles. The summed E-state index contributed by atoms with van der Waals surface area (Å²) in [5, 5.41) is 12.7. The fourth-order valence-corrected chi connectivity index (χ4v) is 5.43. The minimum Gasteiger partial charge on any atom is -0.487 e. The second-order valence-corrected chi connectivity index (χ2v) is 10.6. The van der Waals surface area contributed by atoms with Crippen molar-refractivity contribution in [3.8, 4) is 11.8 Å². The van der Waals surface area contributed by atoms with E-state index in [2.05, 4.69) is 56.9 Å². The van der Waals surface area contributed by atoms with Gasteiger partial charge in [0.25, 0.3) is 0 Å². The van der Waals surface area contributed by atoms with Crippen LogP contribution in [-0.2, 0) is 19.7 Å². The fraction of sp³-hybridized carbons (Fsp3) is 0.265. The summed E-state index contributed by atoms with van der Waals surface area (Å²) in [7, 11) is 0. The number of imidazole rings is 1. The van der Waals surface area contributed by atoms with E-state index in [1.165, 1.54) is 0 Å². The van der Waals surface area contributed by atoms with Gasteiger partial charge in [-0.3, -0.25) is 4.98 Å². The summed E-state index contributed by atoms with van der Waals surface area (Å²) in [4.78, 5) is 10.3. The van der Waals surface area contributed by atoms with E-state index in [-0.39, 0.29) is 6.04 Å². The molecule has 6 rings (SSSR count). The molecule has 1 aliphatic rings. The maximum Gasteiger partial charge on any atom is 0.206 e. The first-order valence-electron chi connectivity index (χ1n) is 14.2. The minimum atomic E-state index is 0.241. The molecule has 0 atom stereocenters. The third kappa shape index (κ3) is 6.08.